The Balaban J connectivity index is 0.000000185. The molecule has 0 aromatic heterocycles. The second-order valence-electron chi connectivity index (χ2n) is 5.33. The minimum absolute atomic E-state index is 0.311. The average molecular weight is 307 g/mol. The lowest BCUT2D eigenvalue weighted by atomic mass is 10.1. The zero-order valence-electron chi connectivity index (χ0n) is 12.9. The van der Waals surface area contributed by atoms with E-state index in [0.29, 0.717) is 5.56 Å². The Hall–Kier alpha value is -2.85. The van der Waals surface area contributed by atoms with E-state index in [-0.39, 0.29) is 5.82 Å². The maximum Gasteiger partial charge on any atom is 0.123 e. The molecule has 1 saturated heterocycles. The molecular formula is C19H18FN3. The van der Waals surface area contributed by atoms with Gasteiger partial charge in [-0.3, -0.25) is 0 Å². The van der Waals surface area contributed by atoms with Crippen LogP contribution in [0.1, 0.15) is 30.4 Å². The lowest BCUT2D eigenvalue weighted by molar-refractivity contribution is 0.578. The van der Waals surface area contributed by atoms with Gasteiger partial charge in [-0.05, 0) is 67.8 Å². The van der Waals surface area contributed by atoms with E-state index in [2.05, 4.69) is 11.0 Å². The van der Waals surface area contributed by atoms with Gasteiger partial charge in [0.1, 0.15) is 5.82 Å². The minimum atomic E-state index is -0.311. The number of nitrogens with zero attached hydrogens (tertiary/aromatic N) is 3. The largest absolute Gasteiger partial charge is 0.372 e. The van der Waals surface area contributed by atoms with Crippen molar-refractivity contribution >= 4 is 5.69 Å². The van der Waals surface area contributed by atoms with E-state index in [4.69, 9.17) is 10.5 Å². The summed E-state index contributed by atoms with van der Waals surface area (Å²) < 4.78 is 12.1. The molecule has 0 bridgehead atoms. The summed E-state index contributed by atoms with van der Waals surface area (Å²) in [7, 11) is 0. The second-order valence-corrected chi connectivity index (χ2v) is 5.33. The molecule has 0 saturated carbocycles. The first kappa shape index (κ1) is 16.5. The summed E-state index contributed by atoms with van der Waals surface area (Å²) in [6.07, 6.45) is 3.94. The Morgan fingerprint density at radius 2 is 1.22 bits per heavy atom. The van der Waals surface area contributed by atoms with E-state index in [1.165, 1.54) is 49.2 Å². The fraction of sp³-hybridized carbons (Fsp3) is 0.263. The maximum absolute atomic E-state index is 12.1. The summed E-state index contributed by atoms with van der Waals surface area (Å²) >= 11 is 0. The third-order valence-corrected chi connectivity index (χ3v) is 3.69. The maximum atomic E-state index is 12.1. The molecule has 1 aliphatic heterocycles. The number of anilines is 1. The van der Waals surface area contributed by atoms with Crippen molar-refractivity contribution in [1.82, 2.24) is 0 Å². The van der Waals surface area contributed by atoms with Gasteiger partial charge < -0.3 is 4.90 Å². The van der Waals surface area contributed by atoms with Gasteiger partial charge >= 0.3 is 0 Å². The van der Waals surface area contributed by atoms with Crippen LogP contribution in [0.2, 0.25) is 0 Å². The number of rotatable bonds is 1. The molecule has 0 aliphatic carbocycles. The Bertz CT molecular complexity index is 687. The van der Waals surface area contributed by atoms with Crippen molar-refractivity contribution in [1.29, 1.82) is 10.5 Å². The predicted octanol–water partition coefficient (Wildman–Crippen LogP) is 4.25. The van der Waals surface area contributed by atoms with Gasteiger partial charge in [0.2, 0.25) is 0 Å². The SMILES string of the molecule is N#Cc1ccc(F)cc1.N#Cc1ccc(N2CCCCC2)cc1. The topological polar surface area (TPSA) is 50.8 Å². The highest BCUT2D eigenvalue weighted by atomic mass is 19.1. The number of nitriles is 2. The number of hydrogen-bond donors (Lipinski definition) is 0. The molecule has 0 N–H and O–H groups in total. The Kier molecular flexibility index (Phi) is 6.15. The van der Waals surface area contributed by atoms with Crippen LogP contribution in [0, 0.1) is 28.5 Å². The fourth-order valence-electron chi connectivity index (χ4n) is 2.42. The summed E-state index contributed by atoms with van der Waals surface area (Å²) in [4.78, 5) is 2.39. The molecule has 1 fully saturated rings. The van der Waals surface area contributed by atoms with Gasteiger partial charge in [0.05, 0.1) is 23.3 Å². The molecule has 23 heavy (non-hydrogen) atoms. The van der Waals surface area contributed by atoms with Gasteiger partial charge in [0.25, 0.3) is 0 Å². The van der Waals surface area contributed by atoms with Crippen LogP contribution in [-0.2, 0) is 0 Å². The van der Waals surface area contributed by atoms with Crippen LogP contribution in [0.4, 0.5) is 10.1 Å². The number of piperidine rings is 1. The third-order valence-electron chi connectivity index (χ3n) is 3.69. The average Bonchev–Trinajstić information content (AvgIpc) is 2.64. The molecular weight excluding hydrogens is 289 g/mol. The molecule has 1 aliphatic rings. The third kappa shape index (κ3) is 5.13. The van der Waals surface area contributed by atoms with Crippen molar-refractivity contribution < 1.29 is 4.39 Å². The first-order chi connectivity index (χ1) is 11.2. The van der Waals surface area contributed by atoms with Crippen LogP contribution >= 0.6 is 0 Å². The highest BCUT2D eigenvalue weighted by Crippen LogP contribution is 2.19. The van der Waals surface area contributed by atoms with Crippen molar-refractivity contribution in [3.8, 4) is 12.1 Å². The van der Waals surface area contributed by atoms with Gasteiger partial charge in [-0.2, -0.15) is 10.5 Å². The second kappa shape index (κ2) is 8.56. The molecule has 2 aromatic rings. The Morgan fingerprint density at radius 3 is 1.70 bits per heavy atom. The van der Waals surface area contributed by atoms with Crippen molar-refractivity contribution in [3.63, 3.8) is 0 Å². The van der Waals surface area contributed by atoms with Gasteiger partial charge in [0.15, 0.2) is 0 Å². The monoisotopic (exact) mass is 307 g/mol. The molecule has 3 nitrogen and oxygen atoms in total. The molecule has 0 atom stereocenters. The molecule has 0 radical (unpaired) electrons. The molecule has 1 heterocycles. The van der Waals surface area contributed by atoms with Gasteiger partial charge in [-0.25, -0.2) is 4.39 Å². The van der Waals surface area contributed by atoms with E-state index in [1.807, 2.05) is 30.3 Å². The molecule has 3 rings (SSSR count). The van der Waals surface area contributed by atoms with Crippen LogP contribution < -0.4 is 4.90 Å². The van der Waals surface area contributed by atoms with Gasteiger partial charge in [-0.15, -0.1) is 0 Å². The van der Waals surface area contributed by atoms with Crippen LogP contribution in [0.5, 0.6) is 0 Å². The highest BCUT2D eigenvalue weighted by Gasteiger charge is 2.10. The molecule has 0 amide bonds. The quantitative estimate of drug-likeness (QED) is 0.791. The summed E-state index contributed by atoms with van der Waals surface area (Å²) in [6.45, 7) is 2.32. The van der Waals surface area contributed by atoms with Crippen LogP contribution in [0.25, 0.3) is 0 Å². The molecule has 4 heteroatoms. The molecule has 116 valence electrons. The van der Waals surface area contributed by atoms with Gasteiger partial charge in [0, 0.05) is 18.8 Å². The predicted molar refractivity (Wildman–Crippen MR) is 88.3 cm³/mol. The summed E-state index contributed by atoms with van der Waals surface area (Å²) in [5.41, 5.74) is 2.48. The number of hydrogen-bond acceptors (Lipinski definition) is 3. The zero-order chi connectivity index (χ0) is 16.5. The normalized spacial score (nSPS) is 13.3. The fourth-order valence-corrected chi connectivity index (χ4v) is 2.42. The summed E-state index contributed by atoms with van der Waals surface area (Å²) in [6, 6.07) is 17.3. The van der Waals surface area contributed by atoms with Crippen LogP contribution in [0.15, 0.2) is 48.5 Å². The number of halogens is 1. The molecule has 2 aromatic carbocycles. The Morgan fingerprint density at radius 1 is 0.739 bits per heavy atom. The van der Waals surface area contributed by atoms with Gasteiger partial charge in [-0.1, -0.05) is 0 Å². The lowest BCUT2D eigenvalue weighted by Crippen LogP contribution is -2.29. The van der Waals surface area contributed by atoms with Crippen molar-refractivity contribution in [2.75, 3.05) is 18.0 Å². The van der Waals surface area contributed by atoms with Crippen molar-refractivity contribution in [2.24, 2.45) is 0 Å². The standard InChI is InChI=1S/C12H14N2.C7H4FN/c13-10-11-4-6-12(7-5-11)14-8-2-1-3-9-14;8-7-3-1-6(5-9)2-4-7/h4-7H,1-3,8-9H2;1-4H. The van der Waals surface area contributed by atoms with E-state index < -0.39 is 0 Å². The first-order valence-corrected chi connectivity index (χ1v) is 7.63. The van der Waals surface area contributed by atoms with E-state index in [0.717, 1.165) is 18.7 Å². The van der Waals surface area contributed by atoms with E-state index in [9.17, 15) is 4.39 Å². The van der Waals surface area contributed by atoms with Crippen LogP contribution in [-0.4, -0.2) is 13.1 Å². The zero-order valence-corrected chi connectivity index (χ0v) is 12.9. The van der Waals surface area contributed by atoms with E-state index >= 15 is 0 Å². The minimum Gasteiger partial charge on any atom is -0.372 e. The van der Waals surface area contributed by atoms with E-state index in [1.54, 1.807) is 0 Å². The van der Waals surface area contributed by atoms with Crippen molar-refractivity contribution in [3.05, 3.63) is 65.5 Å². The summed E-state index contributed by atoms with van der Waals surface area (Å²) in [5.74, 6) is -0.311. The number of benzene rings is 2. The molecule has 0 unspecified atom stereocenters. The smallest absolute Gasteiger partial charge is 0.123 e. The summed E-state index contributed by atoms with van der Waals surface area (Å²) in [5, 5.41) is 16.9. The first-order valence-electron chi connectivity index (χ1n) is 7.63. The lowest BCUT2D eigenvalue weighted by Gasteiger charge is -2.28. The molecule has 0 spiro atoms. The van der Waals surface area contributed by atoms with Crippen molar-refractivity contribution in [2.45, 2.75) is 19.3 Å². The highest BCUT2D eigenvalue weighted by molar-refractivity contribution is 5.49. The Labute approximate surface area is 136 Å². The van der Waals surface area contributed by atoms with Crippen LogP contribution in [0.3, 0.4) is 0 Å².